The smallest absolute Gasteiger partial charge is 0.337 e. The Balaban J connectivity index is 1.87. The van der Waals surface area contributed by atoms with Gasteiger partial charge in [-0.1, -0.05) is 23.7 Å². The van der Waals surface area contributed by atoms with Gasteiger partial charge in [0.1, 0.15) is 0 Å². The van der Waals surface area contributed by atoms with E-state index in [1.165, 1.54) is 42.7 Å². The zero-order valence-electron chi connectivity index (χ0n) is 13.2. The molecule has 3 aromatic rings. The number of carbonyl (C=O) groups is 3. The van der Waals surface area contributed by atoms with E-state index in [0.29, 0.717) is 0 Å². The fraction of sp³-hybridized carbons (Fsp3) is 0. The third-order valence-electron chi connectivity index (χ3n) is 3.59. The van der Waals surface area contributed by atoms with Crippen molar-refractivity contribution in [2.75, 3.05) is 5.32 Å². The second-order valence-electron chi connectivity index (χ2n) is 5.34. The number of ketones is 1. The topological polar surface area (TPSA) is 96.6 Å². The van der Waals surface area contributed by atoms with E-state index in [1.54, 1.807) is 18.2 Å². The fourth-order valence-corrected chi connectivity index (χ4v) is 2.52. The molecule has 2 aromatic carbocycles. The van der Waals surface area contributed by atoms with E-state index in [9.17, 15) is 19.5 Å². The van der Waals surface area contributed by atoms with Crippen LogP contribution in [0, 0.1) is 0 Å². The molecule has 1 amide bonds. The Morgan fingerprint density at radius 1 is 0.962 bits per heavy atom. The first-order chi connectivity index (χ1) is 12.5. The summed E-state index contributed by atoms with van der Waals surface area (Å²) in [7, 11) is 0. The van der Waals surface area contributed by atoms with Gasteiger partial charge in [0.25, 0.3) is 5.91 Å². The Morgan fingerprint density at radius 3 is 2.42 bits per heavy atom. The van der Waals surface area contributed by atoms with Crippen LogP contribution < -0.4 is 5.32 Å². The van der Waals surface area contributed by atoms with E-state index < -0.39 is 11.9 Å². The van der Waals surface area contributed by atoms with Gasteiger partial charge in [0.15, 0.2) is 5.76 Å². The molecule has 0 aliphatic carbocycles. The molecule has 1 heterocycles. The van der Waals surface area contributed by atoms with Gasteiger partial charge in [0.05, 0.1) is 17.5 Å². The molecule has 0 unspecified atom stereocenters. The van der Waals surface area contributed by atoms with Crippen molar-refractivity contribution < 1.29 is 23.9 Å². The first-order valence-corrected chi connectivity index (χ1v) is 7.86. The number of carboxylic acids is 1. The molecular formula is C19H12ClNO5. The van der Waals surface area contributed by atoms with E-state index in [4.69, 9.17) is 16.0 Å². The SMILES string of the molecule is O=C(Nc1ccc(Cl)cc1C(=O)O)c1cccc(C(=O)c2ccco2)c1. The van der Waals surface area contributed by atoms with Crippen molar-refractivity contribution in [3.05, 3.63) is 88.3 Å². The van der Waals surface area contributed by atoms with Crippen molar-refractivity contribution >= 4 is 34.9 Å². The van der Waals surface area contributed by atoms with Crippen molar-refractivity contribution in [1.82, 2.24) is 0 Å². The number of furan rings is 1. The molecule has 6 nitrogen and oxygen atoms in total. The molecule has 0 aliphatic heterocycles. The highest BCUT2D eigenvalue weighted by atomic mass is 35.5. The lowest BCUT2D eigenvalue weighted by Gasteiger charge is -2.09. The summed E-state index contributed by atoms with van der Waals surface area (Å²) in [6, 6.07) is 13.3. The minimum absolute atomic E-state index is 0.106. The van der Waals surface area contributed by atoms with Crippen molar-refractivity contribution in [1.29, 1.82) is 0 Å². The number of anilines is 1. The fourth-order valence-electron chi connectivity index (χ4n) is 2.35. The van der Waals surface area contributed by atoms with Crippen LogP contribution in [0.15, 0.2) is 65.3 Å². The molecule has 0 bridgehead atoms. The molecule has 0 spiro atoms. The van der Waals surface area contributed by atoms with Gasteiger partial charge < -0.3 is 14.8 Å². The molecule has 3 rings (SSSR count). The van der Waals surface area contributed by atoms with Crippen LogP contribution in [-0.2, 0) is 0 Å². The molecule has 130 valence electrons. The van der Waals surface area contributed by atoms with E-state index in [2.05, 4.69) is 5.32 Å². The molecule has 7 heteroatoms. The number of amides is 1. The second kappa shape index (κ2) is 7.25. The van der Waals surface area contributed by atoms with Crippen LogP contribution in [0.3, 0.4) is 0 Å². The van der Waals surface area contributed by atoms with Crippen LogP contribution >= 0.6 is 11.6 Å². The Bertz CT molecular complexity index is 995. The number of carbonyl (C=O) groups excluding carboxylic acids is 2. The van der Waals surface area contributed by atoms with Crippen LogP contribution in [-0.4, -0.2) is 22.8 Å². The van der Waals surface area contributed by atoms with E-state index in [1.807, 2.05) is 0 Å². The standard InChI is InChI=1S/C19H12ClNO5/c20-13-6-7-15(14(10-13)19(24)25)21-18(23)12-4-1-3-11(9-12)17(22)16-5-2-8-26-16/h1-10H,(H,21,23)(H,24,25). The predicted octanol–water partition coefficient (Wildman–Crippen LogP) is 4.11. The maximum atomic E-state index is 12.5. The van der Waals surface area contributed by atoms with E-state index in [0.717, 1.165) is 0 Å². The Morgan fingerprint density at radius 2 is 1.73 bits per heavy atom. The van der Waals surface area contributed by atoms with E-state index in [-0.39, 0.29) is 38.9 Å². The lowest BCUT2D eigenvalue weighted by Crippen LogP contribution is -2.15. The number of carboxylic acid groups (broad SMARTS) is 1. The first kappa shape index (κ1) is 17.4. The minimum Gasteiger partial charge on any atom is -0.478 e. The molecule has 0 saturated heterocycles. The summed E-state index contributed by atoms with van der Waals surface area (Å²) in [5.74, 6) is -1.97. The Hall–Kier alpha value is -3.38. The van der Waals surface area contributed by atoms with Crippen LogP contribution in [0.5, 0.6) is 0 Å². The maximum absolute atomic E-state index is 12.5. The largest absolute Gasteiger partial charge is 0.478 e. The van der Waals surface area contributed by atoms with Gasteiger partial charge in [0.2, 0.25) is 5.78 Å². The van der Waals surface area contributed by atoms with Crippen molar-refractivity contribution in [2.45, 2.75) is 0 Å². The zero-order chi connectivity index (χ0) is 18.7. The predicted molar refractivity (Wildman–Crippen MR) is 94.9 cm³/mol. The molecule has 0 aliphatic rings. The summed E-state index contributed by atoms with van der Waals surface area (Å²) in [6.07, 6.45) is 1.39. The third kappa shape index (κ3) is 3.65. The highest BCUT2D eigenvalue weighted by molar-refractivity contribution is 6.31. The first-order valence-electron chi connectivity index (χ1n) is 7.48. The summed E-state index contributed by atoms with van der Waals surface area (Å²) >= 11 is 5.80. The number of benzene rings is 2. The van der Waals surface area contributed by atoms with Crippen LogP contribution in [0.2, 0.25) is 5.02 Å². The number of hydrogen-bond acceptors (Lipinski definition) is 4. The van der Waals surface area contributed by atoms with Crippen LogP contribution in [0.25, 0.3) is 0 Å². The Labute approximate surface area is 153 Å². The van der Waals surface area contributed by atoms with Crippen molar-refractivity contribution in [3.8, 4) is 0 Å². The molecule has 1 aromatic heterocycles. The van der Waals surface area contributed by atoms with Crippen molar-refractivity contribution in [2.24, 2.45) is 0 Å². The summed E-state index contributed by atoms with van der Waals surface area (Å²) in [6.45, 7) is 0. The second-order valence-corrected chi connectivity index (χ2v) is 5.77. The van der Waals surface area contributed by atoms with Gasteiger partial charge in [-0.3, -0.25) is 9.59 Å². The highest BCUT2D eigenvalue weighted by Gasteiger charge is 2.17. The molecular weight excluding hydrogens is 358 g/mol. The minimum atomic E-state index is -1.22. The number of hydrogen-bond donors (Lipinski definition) is 2. The van der Waals surface area contributed by atoms with Gasteiger partial charge in [-0.15, -0.1) is 0 Å². The molecule has 0 saturated carbocycles. The average Bonchev–Trinajstić information content (AvgIpc) is 3.17. The monoisotopic (exact) mass is 369 g/mol. The normalized spacial score (nSPS) is 10.3. The number of nitrogens with one attached hydrogen (secondary N) is 1. The average molecular weight is 370 g/mol. The number of halogens is 1. The molecule has 0 radical (unpaired) electrons. The van der Waals surface area contributed by atoms with Gasteiger partial charge in [-0.25, -0.2) is 4.79 Å². The molecule has 0 atom stereocenters. The maximum Gasteiger partial charge on any atom is 0.337 e. The van der Waals surface area contributed by atoms with Crippen molar-refractivity contribution in [3.63, 3.8) is 0 Å². The summed E-state index contributed by atoms with van der Waals surface area (Å²) in [5.41, 5.74) is 0.458. The van der Waals surface area contributed by atoms with Gasteiger partial charge >= 0.3 is 5.97 Å². The van der Waals surface area contributed by atoms with Crippen LogP contribution in [0.1, 0.15) is 36.8 Å². The molecule has 26 heavy (non-hydrogen) atoms. The van der Waals surface area contributed by atoms with Gasteiger partial charge in [-0.2, -0.15) is 0 Å². The molecule has 2 N–H and O–H groups in total. The molecule has 0 fully saturated rings. The summed E-state index contributed by atoms with van der Waals surface area (Å²) in [5, 5.41) is 12.0. The van der Waals surface area contributed by atoms with E-state index >= 15 is 0 Å². The third-order valence-corrected chi connectivity index (χ3v) is 3.83. The lowest BCUT2D eigenvalue weighted by molar-refractivity contribution is 0.0698. The number of rotatable bonds is 5. The summed E-state index contributed by atoms with van der Waals surface area (Å²) in [4.78, 5) is 36.1. The van der Waals surface area contributed by atoms with Gasteiger partial charge in [-0.05, 0) is 42.5 Å². The highest BCUT2D eigenvalue weighted by Crippen LogP contribution is 2.22. The quantitative estimate of drug-likeness (QED) is 0.659. The van der Waals surface area contributed by atoms with Crippen LogP contribution in [0.4, 0.5) is 5.69 Å². The van der Waals surface area contributed by atoms with Gasteiger partial charge in [0, 0.05) is 16.1 Å². The Kier molecular flexibility index (Phi) is 4.86. The number of aromatic carboxylic acids is 1. The summed E-state index contributed by atoms with van der Waals surface area (Å²) < 4.78 is 5.07. The lowest BCUT2D eigenvalue weighted by atomic mass is 10.0. The zero-order valence-corrected chi connectivity index (χ0v) is 14.0.